The van der Waals surface area contributed by atoms with Crippen LogP contribution in [0.5, 0.6) is 5.88 Å². The van der Waals surface area contributed by atoms with Gasteiger partial charge in [-0.1, -0.05) is 0 Å². The Morgan fingerprint density at radius 3 is 3.47 bits per heavy atom. The van der Waals surface area contributed by atoms with Crippen LogP contribution in [0.1, 0.15) is 16.8 Å². The summed E-state index contributed by atoms with van der Waals surface area (Å²) in [7, 11) is 1.52. The molecule has 2 rings (SSSR count). The summed E-state index contributed by atoms with van der Waals surface area (Å²) < 4.78 is 11.8. The molecule has 6 nitrogen and oxygen atoms in total. The molecule has 0 saturated heterocycles. The second-order valence-corrected chi connectivity index (χ2v) is 3.23. The Bertz CT molecular complexity index is 361. The van der Waals surface area contributed by atoms with Gasteiger partial charge in [0, 0.05) is 20.1 Å². The lowest BCUT2D eigenvalue weighted by Gasteiger charge is -2.15. The standard InChI is InChI=1S/C9H13N3O3/c1-14-6-10-8(13)7-5-11-12-3-2-4-15-9(7)12/h5H,2-4,6H2,1H3,(H,10,13). The van der Waals surface area contributed by atoms with Crippen LogP contribution in [0.3, 0.4) is 0 Å². The number of amides is 1. The number of nitrogens with zero attached hydrogens (tertiary/aromatic N) is 2. The highest BCUT2D eigenvalue weighted by Gasteiger charge is 2.20. The van der Waals surface area contributed by atoms with Crippen molar-refractivity contribution in [1.29, 1.82) is 0 Å². The fourth-order valence-corrected chi connectivity index (χ4v) is 1.46. The Morgan fingerprint density at radius 1 is 1.80 bits per heavy atom. The average molecular weight is 211 g/mol. The van der Waals surface area contributed by atoms with E-state index in [1.807, 2.05) is 0 Å². The van der Waals surface area contributed by atoms with Crippen molar-refractivity contribution in [3.63, 3.8) is 0 Å². The molecule has 15 heavy (non-hydrogen) atoms. The van der Waals surface area contributed by atoms with Gasteiger partial charge in [0.15, 0.2) is 0 Å². The lowest BCUT2D eigenvalue weighted by molar-refractivity contribution is 0.0866. The molecule has 0 radical (unpaired) electrons. The first kappa shape index (κ1) is 9.97. The first-order valence-electron chi connectivity index (χ1n) is 4.78. The maximum Gasteiger partial charge on any atom is 0.260 e. The molecule has 2 heterocycles. The minimum atomic E-state index is -0.222. The number of hydrogen-bond donors (Lipinski definition) is 1. The molecule has 0 saturated carbocycles. The average Bonchev–Trinajstić information content (AvgIpc) is 2.69. The van der Waals surface area contributed by atoms with Gasteiger partial charge in [-0.05, 0) is 0 Å². The number of ether oxygens (including phenoxy) is 2. The summed E-state index contributed by atoms with van der Waals surface area (Å²) in [6.07, 6.45) is 2.44. The quantitative estimate of drug-likeness (QED) is 0.715. The van der Waals surface area contributed by atoms with E-state index in [-0.39, 0.29) is 12.6 Å². The predicted octanol–water partition coefficient (Wildman–Crippen LogP) is -0.000700. The fraction of sp³-hybridized carbons (Fsp3) is 0.556. The van der Waals surface area contributed by atoms with E-state index in [0.717, 1.165) is 13.0 Å². The van der Waals surface area contributed by atoms with Crippen molar-refractivity contribution in [2.75, 3.05) is 20.4 Å². The Labute approximate surface area is 87.2 Å². The lowest BCUT2D eigenvalue weighted by atomic mass is 10.3. The van der Waals surface area contributed by atoms with E-state index in [1.54, 1.807) is 4.68 Å². The van der Waals surface area contributed by atoms with Gasteiger partial charge in [-0.2, -0.15) is 5.10 Å². The monoisotopic (exact) mass is 211 g/mol. The summed E-state index contributed by atoms with van der Waals surface area (Å²) in [6, 6.07) is 0. The lowest BCUT2D eigenvalue weighted by Crippen LogP contribution is -2.26. The van der Waals surface area contributed by atoms with Crippen LogP contribution in [0.2, 0.25) is 0 Å². The van der Waals surface area contributed by atoms with E-state index in [2.05, 4.69) is 10.4 Å². The molecule has 1 N–H and O–H groups in total. The molecule has 1 aliphatic heterocycles. The summed E-state index contributed by atoms with van der Waals surface area (Å²) in [4.78, 5) is 11.6. The molecule has 0 fully saturated rings. The topological polar surface area (TPSA) is 65.4 Å². The number of rotatable bonds is 3. The number of hydrogen-bond acceptors (Lipinski definition) is 4. The minimum absolute atomic E-state index is 0.184. The molecule has 1 aromatic rings. The summed E-state index contributed by atoms with van der Waals surface area (Å²) in [6.45, 7) is 1.62. The molecule has 1 aliphatic rings. The number of aromatic nitrogens is 2. The highest BCUT2D eigenvalue weighted by atomic mass is 16.5. The molecule has 1 amide bonds. The number of methoxy groups -OCH3 is 1. The van der Waals surface area contributed by atoms with Gasteiger partial charge < -0.3 is 14.8 Å². The fourth-order valence-electron chi connectivity index (χ4n) is 1.46. The van der Waals surface area contributed by atoms with Gasteiger partial charge in [-0.25, -0.2) is 4.68 Å². The van der Waals surface area contributed by atoms with Gasteiger partial charge in [0.05, 0.1) is 12.8 Å². The Kier molecular flexibility index (Phi) is 2.86. The molecule has 82 valence electrons. The minimum Gasteiger partial charge on any atom is -0.477 e. The van der Waals surface area contributed by atoms with Crippen molar-refractivity contribution < 1.29 is 14.3 Å². The Hall–Kier alpha value is -1.56. The van der Waals surface area contributed by atoms with Crippen LogP contribution in [0, 0.1) is 0 Å². The molecule has 0 bridgehead atoms. The number of nitrogens with one attached hydrogen (secondary N) is 1. The summed E-state index contributed by atoms with van der Waals surface area (Å²) >= 11 is 0. The van der Waals surface area contributed by atoms with Crippen LogP contribution in [0.4, 0.5) is 0 Å². The van der Waals surface area contributed by atoms with Crippen molar-refractivity contribution >= 4 is 5.91 Å². The van der Waals surface area contributed by atoms with Crippen molar-refractivity contribution in [2.45, 2.75) is 13.0 Å². The molecule has 0 aliphatic carbocycles. The molecule has 0 unspecified atom stereocenters. The SMILES string of the molecule is COCNC(=O)c1cnn2c1OCCC2. The van der Waals surface area contributed by atoms with E-state index >= 15 is 0 Å². The van der Waals surface area contributed by atoms with Gasteiger partial charge >= 0.3 is 0 Å². The highest BCUT2D eigenvalue weighted by molar-refractivity contribution is 5.96. The Morgan fingerprint density at radius 2 is 2.67 bits per heavy atom. The predicted molar refractivity (Wildman–Crippen MR) is 51.7 cm³/mol. The smallest absolute Gasteiger partial charge is 0.260 e. The molecule has 0 spiro atoms. The second-order valence-electron chi connectivity index (χ2n) is 3.23. The summed E-state index contributed by atoms with van der Waals surface area (Å²) in [5.74, 6) is 0.329. The van der Waals surface area contributed by atoms with Gasteiger partial charge in [-0.15, -0.1) is 0 Å². The number of fused-ring (bicyclic) bond motifs is 1. The maximum absolute atomic E-state index is 11.6. The third-order valence-corrected chi connectivity index (χ3v) is 2.17. The zero-order valence-electron chi connectivity index (χ0n) is 8.52. The number of aryl methyl sites for hydroxylation is 1. The van der Waals surface area contributed by atoms with Gasteiger partial charge in [-0.3, -0.25) is 4.79 Å². The maximum atomic E-state index is 11.6. The van der Waals surface area contributed by atoms with E-state index in [0.29, 0.717) is 18.1 Å². The first-order chi connectivity index (χ1) is 7.33. The zero-order valence-corrected chi connectivity index (χ0v) is 8.52. The first-order valence-corrected chi connectivity index (χ1v) is 4.78. The van der Waals surface area contributed by atoms with E-state index in [9.17, 15) is 4.79 Å². The van der Waals surface area contributed by atoms with E-state index < -0.39 is 0 Å². The molecule has 6 heteroatoms. The molecular weight excluding hydrogens is 198 g/mol. The van der Waals surface area contributed by atoms with Crippen molar-refractivity contribution in [3.8, 4) is 5.88 Å². The zero-order chi connectivity index (χ0) is 10.7. The highest BCUT2D eigenvalue weighted by Crippen LogP contribution is 2.21. The van der Waals surface area contributed by atoms with Crippen LogP contribution < -0.4 is 10.1 Å². The number of carbonyl (C=O) groups excluding carboxylic acids is 1. The van der Waals surface area contributed by atoms with Gasteiger partial charge in [0.2, 0.25) is 5.88 Å². The van der Waals surface area contributed by atoms with Crippen molar-refractivity contribution in [3.05, 3.63) is 11.8 Å². The summed E-state index contributed by atoms with van der Waals surface area (Å²) in [5.41, 5.74) is 0.465. The van der Waals surface area contributed by atoms with Crippen LogP contribution in [-0.4, -0.2) is 36.1 Å². The third-order valence-electron chi connectivity index (χ3n) is 2.17. The second kappa shape index (κ2) is 4.31. The van der Waals surface area contributed by atoms with Gasteiger partial charge in [0.1, 0.15) is 12.3 Å². The molecule has 1 aromatic heterocycles. The van der Waals surface area contributed by atoms with Crippen molar-refractivity contribution in [2.24, 2.45) is 0 Å². The normalized spacial score (nSPS) is 14.2. The molecule has 0 atom stereocenters. The van der Waals surface area contributed by atoms with Crippen LogP contribution in [0.25, 0.3) is 0 Å². The van der Waals surface area contributed by atoms with E-state index in [1.165, 1.54) is 13.3 Å². The largest absolute Gasteiger partial charge is 0.477 e. The number of carbonyl (C=O) groups is 1. The summed E-state index contributed by atoms with van der Waals surface area (Å²) in [5, 5.41) is 6.67. The Balaban J connectivity index is 2.14. The van der Waals surface area contributed by atoms with Crippen molar-refractivity contribution in [1.82, 2.24) is 15.1 Å². The van der Waals surface area contributed by atoms with Crippen LogP contribution in [-0.2, 0) is 11.3 Å². The van der Waals surface area contributed by atoms with Gasteiger partial charge in [0.25, 0.3) is 5.91 Å². The molecule has 0 aromatic carbocycles. The molecular formula is C9H13N3O3. The van der Waals surface area contributed by atoms with Crippen LogP contribution in [0.15, 0.2) is 6.20 Å². The van der Waals surface area contributed by atoms with Crippen LogP contribution >= 0.6 is 0 Å². The van der Waals surface area contributed by atoms with E-state index in [4.69, 9.17) is 9.47 Å². The third kappa shape index (κ3) is 1.94.